The summed E-state index contributed by atoms with van der Waals surface area (Å²) in [5.74, 6) is 0.483. The van der Waals surface area contributed by atoms with Gasteiger partial charge in [0, 0.05) is 18.0 Å². The van der Waals surface area contributed by atoms with E-state index < -0.39 is 5.69 Å². The zero-order valence-electron chi connectivity index (χ0n) is 13.6. The molecule has 23 heavy (non-hydrogen) atoms. The maximum absolute atomic E-state index is 12.1. The van der Waals surface area contributed by atoms with Gasteiger partial charge in [-0.2, -0.15) is 0 Å². The molecule has 2 heterocycles. The highest BCUT2D eigenvalue weighted by Gasteiger charge is 2.24. The first kappa shape index (κ1) is 18.6. The van der Waals surface area contributed by atoms with Crippen molar-refractivity contribution in [2.24, 2.45) is 0 Å². The van der Waals surface area contributed by atoms with E-state index >= 15 is 0 Å². The van der Waals surface area contributed by atoms with E-state index in [2.05, 4.69) is 4.98 Å². The molecule has 0 spiro atoms. The summed E-state index contributed by atoms with van der Waals surface area (Å²) in [4.78, 5) is 16.6. The zero-order valence-corrected chi connectivity index (χ0v) is 16.2. The molecule has 0 fully saturated rings. The van der Waals surface area contributed by atoms with Gasteiger partial charge in [0.25, 0.3) is 5.56 Å². The van der Waals surface area contributed by atoms with Gasteiger partial charge in [0.15, 0.2) is 0 Å². The van der Waals surface area contributed by atoms with Crippen LogP contribution in [-0.4, -0.2) is 21.6 Å². The van der Waals surface area contributed by atoms with E-state index in [4.69, 9.17) is 20.9 Å². The second-order valence-electron chi connectivity index (χ2n) is 5.54. The second kappa shape index (κ2) is 7.90. The molecular weight excluding hydrogens is 351 g/mol. The van der Waals surface area contributed by atoms with E-state index in [-0.39, 0.29) is 17.8 Å². The Hall–Kier alpha value is -0.720. The molecule has 0 bridgehead atoms. The second-order valence-corrected chi connectivity index (χ2v) is 11.8. The fourth-order valence-corrected chi connectivity index (χ4v) is 7.34. The largest absolute Gasteiger partial charge is 0.319 e. The van der Waals surface area contributed by atoms with Crippen molar-refractivity contribution in [2.75, 3.05) is 0 Å². The molecule has 0 saturated heterocycles. The quantitative estimate of drug-likeness (QED) is 0.685. The van der Waals surface area contributed by atoms with Crippen LogP contribution in [0, 0.1) is 0 Å². The first-order valence-corrected chi connectivity index (χ1v) is 11.6. The summed E-state index contributed by atoms with van der Waals surface area (Å²) in [6.07, 6.45) is 1.68. The van der Waals surface area contributed by atoms with Crippen LogP contribution in [-0.2, 0) is 26.6 Å². The topological polar surface area (TPSA) is 52.8 Å². The fourth-order valence-electron chi connectivity index (χ4n) is 1.92. The van der Waals surface area contributed by atoms with Crippen LogP contribution in [0.25, 0.3) is 5.65 Å². The third kappa shape index (κ3) is 5.40. The molecule has 2 rings (SSSR count). The molecule has 126 valence electrons. The molecule has 0 aliphatic carbocycles. The Kier molecular flexibility index (Phi) is 6.40. The molecule has 0 amide bonds. The Morgan fingerprint density at radius 1 is 1.26 bits per heavy atom. The molecule has 8 heteroatoms. The first-order valence-electron chi connectivity index (χ1n) is 7.38. The average Bonchev–Trinajstić information content (AvgIpc) is 2.43. The highest BCUT2D eigenvalue weighted by atomic mass is 32.9. The smallest absolute Gasteiger partial charge is 0.258 e. The van der Waals surface area contributed by atoms with Crippen LogP contribution in [0.3, 0.4) is 0 Å². The molecule has 0 radical (unpaired) electrons. The Labute approximate surface area is 145 Å². The van der Waals surface area contributed by atoms with Crippen LogP contribution < -0.4 is 5.56 Å². The molecule has 0 aliphatic rings. The van der Waals surface area contributed by atoms with Gasteiger partial charge in [-0.25, -0.2) is 4.98 Å². The summed E-state index contributed by atoms with van der Waals surface area (Å²) < 4.78 is 13.2. The molecule has 5 nitrogen and oxygen atoms in total. The van der Waals surface area contributed by atoms with E-state index in [1.165, 1.54) is 21.8 Å². The summed E-state index contributed by atoms with van der Waals surface area (Å²) in [6.45, 7) is 7.75. The maximum Gasteiger partial charge on any atom is 0.258 e. The van der Waals surface area contributed by atoms with Crippen molar-refractivity contribution < 1.29 is 9.05 Å². The van der Waals surface area contributed by atoms with Crippen molar-refractivity contribution in [1.82, 2.24) is 9.38 Å². The minimum absolute atomic E-state index is 0.0118. The Morgan fingerprint density at radius 2 is 1.91 bits per heavy atom. The SMILES string of the molecule is CC(C)OP(=S)(OC(C)C)SCc1cc(=O)n2ccccc2n1. The lowest BCUT2D eigenvalue weighted by Gasteiger charge is -2.25. The number of hydrogen-bond donors (Lipinski definition) is 0. The van der Waals surface area contributed by atoms with Crippen molar-refractivity contribution in [3.8, 4) is 0 Å². The standard InChI is InChI=1S/C15H21N2O3PS2/c1-11(2)19-21(22,20-12(3)4)23-10-13-9-15(18)17-8-6-5-7-14(17)16-13/h5-9,11-12H,10H2,1-4H3. The third-order valence-corrected chi connectivity index (χ3v) is 8.09. The highest BCUT2D eigenvalue weighted by molar-refractivity contribution is 8.67. The first-order chi connectivity index (χ1) is 10.8. The van der Waals surface area contributed by atoms with Crippen LogP contribution in [0.4, 0.5) is 0 Å². The number of fused-ring (bicyclic) bond motifs is 1. The normalized spacial score (nSPS) is 12.4. The number of aromatic nitrogens is 2. The van der Waals surface area contributed by atoms with Gasteiger partial charge in [0.05, 0.1) is 17.9 Å². The van der Waals surface area contributed by atoms with Crippen molar-refractivity contribution in [3.05, 3.63) is 46.5 Å². The van der Waals surface area contributed by atoms with Gasteiger partial charge in [0.2, 0.25) is 5.69 Å². The molecule has 0 N–H and O–H groups in total. The van der Waals surface area contributed by atoms with Gasteiger partial charge >= 0.3 is 0 Å². The van der Waals surface area contributed by atoms with E-state index in [1.54, 1.807) is 18.3 Å². The highest BCUT2D eigenvalue weighted by Crippen LogP contribution is 2.63. The third-order valence-electron chi connectivity index (χ3n) is 2.67. The monoisotopic (exact) mass is 372 g/mol. The van der Waals surface area contributed by atoms with Crippen molar-refractivity contribution in [1.29, 1.82) is 0 Å². The van der Waals surface area contributed by atoms with Crippen LogP contribution in [0.15, 0.2) is 35.3 Å². The van der Waals surface area contributed by atoms with Crippen molar-refractivity contribution in [3.63, 3.8) is 0 Å². The Balaban J connectivity index is 2.20. The summed E-state index contributed by atoms with van der Waals surface area (Å²) in [7, 11) is 0. The number of pyridine rings is 1. The zero-order chi connectivity index (χ0) is 17.0. The molecule has 0 aromatic carbocycles. The lowest BCUT2D eigenvalue weighted by Crippen LogP contribution is -2.14. The van der Waals surface area contributed by atoms with E-state index in [0.29, 0.717) is 17.1 Å². The molecule has 0 atom stereocenters. The average molecular weight is 372 g/mol. The molecular formula is C15H21N2O3PS2. The molecule has 2 aromatic rings. The molecule has 0 saturated carbocycles. The van der Waals surface area contributed by atoms with E-state index in [9.17, 15) is 4.79 Å². The maximum atomic E-state index is 12.1. The molecule has 0 unspecified atom stereocenters. The predicted molar refractivity (Wildman–Crippen MR) is 99.5 cm³/mol. The number of hydrogen-bond acceptors (Lipinski definition) is 6. The lowest BCUT2D eigenvalue weighted by molar-refractivity contribution is 0.186. The molecule has 2 aromatic heterocycles. The predicted octanol–water partition coefficient (Wildman–Crippen LogP) is 4.00. The van der Waals surface area contributed by atoms with Crippen molar-refractivity contribution in [2.45, 2.75) is 45.7 Å². The van der Waals surface area contributed by atoms with Gasteiger partial charge in [-0.15, -0.1) is 0 Å². The van der Waals surface area contributed by atoms with Crippen LogP contribution in [0.5, 0.6) is 0 Å². The number of rotatable bonds is 7. The van der Waals surface area contributed by atoms with Gasteiger partial charge in [-0.1, -0.05) is 17.4 Å². The minimum atomic E-state index is -2.47. The van der Waals surface area contributed by atoms with Gasteiger partial charge in [-0.05, 0) is 51.6 Å². The van der Waals surface area contributed by atoms with Gasteiger partial charge in [-0.3, -0.25) is 9.20 Å². The van der Waals surface area contributed by atoms with E-state index in [1.807, 2.05) is 33.8 Å². The Bertz CT molecular complexity index is 763. The van der Waals surface area contributed by atoms with Crippen LogP contribution in [0.2, 0.25) is 0 Å². The van der Waals surface area contributed by atoms with Crippen LogP contribution in [0.1, 0.15) is 33.4 Å². The lowest BCUT2D eigenvalue weighted by atomic mass is 10.4. The summed E-state index contributed by atoms with van der Waals surface area (Å²) in [6, 6.07) is 7.00. The van der Waals surface area contributed by atoms with Crippen molar-refractivity contribution >= 4 is 34.5 Å². The molecule has 0 aliphatic heterocycles. The van der Waals surface area contributed by atoms with Gasteiger partial charge in [0.1, 0.15) is 5.65 Å². The summed E-state index contributed by atoms with van der Waals surface area (Å²) in [5, 5.41) is 0. The summed E-state index contributed by atoms with van der Waals surface area (Å²) in [5.41, 5.74) is -1.27. The van der Waals surface area contributed by atoms with Gasteiger partial charge < -0.3 is 9.05 Å². The van der Waals surface area contributed by atoms with Crippen LogP contribution >= 0.6 is 17.1 Å². The Morgan fingerprint density at radius 3 is 2.52 bits per heavy atom. The number of nitrogens with zero attached hydrogens (tertiary/aromatic N) is 2. The minimum Gasteiger partial charge on any atom is -0.319 e. The van der Waals surface area contributed by atoms with E-state index in [0.717, 1.165) is 0 Å². The fraction of sp³-hybridized carbons (Fsp3) is 0.467. The summed E-state index contributed by atoms with van der Waals surface area (Å²) >= 11 is 7.02.